The summed E-state index contributed by atoms with van der Waals surface area (Å²) in [5.74, 6) is 1.02. The van der Waals surface area contributed by atoms with Crippen molar-refractivity contribution in [1.29, 1.82) is 0 Å². The van der Waals surface area contributed by atoms with E-state index in [-0.39, 0.29) is 11.9 Å². The van der Waals surface area contributed by atoms with Crippen molar-refractivity contribution in [3.05, 3.63) is 10.7 Å². The fourth-order valence-electron chi connectivity index (χ4n) is 1.98. The number of ether oxygens (including phenoxy) is 1. The van der Waals surface area contributed by atoms with Gasteiger partial charge in [-0.05, 0) is 22.4 Å². The van der Waals surface area contributed by atoms with Gasteiger partial charge in [0, 0.05) is 13.1 Å². The van der Waals surface area contributed by atoms with Crippen LogP contribution in [0, 0.1) is 0 Å². The van der Waals surface area contributed by atoms with Crippen LogP contribution in [0.4, 0.5) is 5.95 Å². The van der Waals surface area contributed by atoms with Gasteiger partial charge in [-0.2, -0.15) is 4.98 Å². The first-order valence-corrected chi connectivity index (χ1v) is 6.57. The van der Waals surface area contributed by atoms with Crippen molar-refractivity contribution >= 4 is 27.8 Å². The molecule has 2 rings (SSSR count). The summed E-state index contributed by atoms with van der Waals surface area (Å²) in [6.45, 7) is 3.28. The molecule has 1 saturated heterocycles. The first-order valence-electron chi connectivity index (χ1n) is 5.78. The van der Waals surface area contributed by atoms with Crippen LogP contribution in [0.3, 0.4) is 0 Å². The summed E-state index contributed by atoms with van der Waals surface area (Å²) in [6, 6.07) is -0.218. The lowest BCUT2D eigenvalue weighted by Crippen LogP contribution is -2.55. The number of anilines is 1. The van der Waals surface area contributed by atoms with E-state index in [4.69, 9.17) is 4.74 Å². The van der Waals surface area contributed by atoms with Crippen molar-refractivity contribution in [3.63, 3.8) is 0 Å². The summed E-state index contributed by atoms with van der Waals surface area (Å²) in [5.41, 5.74) is 0. The maximum Gasteiger partial charge on any atom is 0.242 e. The predicted molar refractivity (Wildman–Crippen MR) is 70.7 cm³/mol. The molecule has 1 aliphatic heterocycles. The number of aromatic nitrogens is 2. The van der Waals surface area contributed by atoms with Crippen LogP contribution in [-0.4, -0.2) is 42.1 Å². The Labute approximate surface area is 114 Å². The zero-order valence-electron chi connectivity index (χ0n) is 10.3. The van der Waals surface area contributed by atoms with Gasteiger partial charge in [0.25, 0.3) is 0 Å². The Bertz CT molecular complexity index is 455. The summed E-state index contributed by atoms with van der Waals surface area (Å²) in [7, 11) is 1.55. The van der Waals surface area contributed by atoms with E-state index in [1.54, 1.807) is 13.3 Å². The van der Waals surface area contributed by atoms with E-state index in [1.165, 1.54) is 0 Å². The number of piperazine rings is 1. The van der Waals surface area contributed by atoms with Crippen LogP contribution in [0.2, 0.25) is 0 Å². The van der Waals surface area contributed by atoms with Crippen LogP contribution in [0.5, 0.6) is 5.88 Å². The van der Waals surface area contributed by atoms with Crippen molar-refractivity contribution in [1.82, 2.24) is 15.3 Å². The number of carbonyl (C=O) groups is 1. The molecule has 0 saturated carbocycles. The van der Waals surface area contributed by atoms with Gasteiger partial charge in [-0.1, -0.05) is 6.92 Å². The number of halogens is 1. The third-order valence-corrected chi connectivity index (χ3v) is 3.41. The molecule has 6 nitrogen and oxygen atoms in total. The van der Waals surface area contributed by atoms with Gasteiger partial charge in [-0.15, -0.1) is 0 Å². The van der Waals surface area contributed by atoms with Crippen LogP contribution < -0.4 is 15.0 Å². The third-order valence-electron chi connectivity index (χ3n) is 2.87. The average molecular weight is 315 g/mol. The highest BCUT2D eigenvalue weighted by Gasteiger charge is 2.30. The molecule has 0 spiro atoms. The van der Waals surface area contributed by atoms with Gasteiger partial charge in [-0.25, -0.2) is 4.98 Å². The van der Waals surface area contributed by atoms with E-state index in [0.717, 1.165) is 0 Å². The zero-order valence-corrected chi connectivity index (χ0v) is 11.9. The molecule has 0 bridgehead atoms. The molecule has 0 radical (unpaired) electrons. The lowest BCUT2D eigenvalue weighted by Gasteiger charge is -2.34. The van der Waals surface area contributed by atoms with Gasteiger partial charge >= 0.3 is 0 Å². The topological polar surface area (TPSA) is 67.4 Å². The highest BCUT2D eigenvalue weighted by Crippen LogP contribution is 2.25. The Balaban J connectivity index is 2.31. The molecule has 1 N–H and O–H groups in total. The summed E-state index contributed by atoms with van der Waals surface area (Å²) >= 11 is 3.31. The van der Waals surface area contributed by atoms with Gasteiger partial charge in [-0.3, -0.25) is 4.79 Å². The number of methoxy groups -OCH3 is 1. The summed E-state index contributed by atoms with van der Waals surface area (Å²) in [6.07, 6.45) is 2.36. The van der Waals surface area contributed by atoms with E-state index in [2.05, 4.69) is 31.2 Å². The quantitative estimate of drug-likeness (QED) is 0.900. The molecule has 2 heterocycles. The lowest BCUT2D eigenvalue weighted by molar-refractivity contribution is -0.123. The molecule has 98 valence electrons. The summed E-state index contributed by atoms with van der Waals surface area (Å²) in [4.78, 5) is 22.3. The SMILES string of the molecule is CCC1C(=O)NCCN1c1ncc(Br)c(OC)n1. The lowest BCUT2D eigenvalue weighted by atomic mass is 10.1. The minimum atomic E-state index is -0.218. The highest BCUT2D eigenvalue weighted by molar-refractivity contribution is 9.10. The molecular formula is C11H15BrN4O2. The van der Waals surface area contributed by atoms with Crippen LogP contribution in [0.1, 0.15) is 13.3 Å². The standard InChI is InChI=1S/C11H15BrN4O2/c1-3-8-9(17)13-4-5-16(8)11-14-6-7(12)10(15-11)18-2/h6,8H,3-5H2,1-2H3,(H,13,17). The van der Waals surface area contributed by atoms with Crippen LogP contribution in [0.25, 0.3) is 0 Å². The minimum absolute atomic E-state index is 0.0224. The summed E-state index contributed by atoms with van der Waals surface area (Å²) < 4.78 is 5.84. The van der Waals surface area contributed by atoms with E-state index in [9.17, 15) is 4.79 Å². The molecule has 7 heteroatoms. The van der Waals surface area contributed by atoms with E-state index in [1.807, 2.05) is 11.8 Å². The van der Waals surface area contributed by atoms with E-state index >= 15 is 0 Å². The average Bonchev–Trinajstić information content (AvgIpc) is 2.39. The van der Waals surface area contributed by atoms with Crippen molar-refractivity contribution in [2.24, 2.45) is 0 Å². The van der Waals surface area contributed by atoms with Gasteiger partial charge in [0.1, 0.15) is 6.04 Å². The van der Waals surface area contributed by atoms with Gasteiger partial charge in [0.05, 0.1) is 17.8 Å². The molecule has 1 aromatic heterocycles. The Kier molecular flexibility index (Phi) is 4.00. The second-order valence-electron chi connectivity index (χ2n) is 3.94. The molecular weight excluding hydrogens is 300 g/mol. The number of carbonyl (C=O) groups excluding carboxylic acids is 1. The maximum atomic E-state index is 11.8. The highest BCUT2D eigenvalue weighted by atomic mass is 79.9. The first kappa shape index (κ1) is 13.1. The minimum Gasteiger partial charge on any atom is -0.480 e. The van der Waals surface area contributed by atoms with E-state index in [0.29, 0.717) is 35.8 Å². The molecule has 1 amide bonds. The fraction of sp³-hybridized carbons (Fsp3) is 0.545. The maximum absolute atomic E-state index is 11.8. The Hall–Kier alpha value is -1.37. The number of nitrogens with one attached hydrogen (secondary N) is 1. The molecule has 1 aliphatic rings. The Morgan fingerprint density at radius 1 is 1.67 bits per heavy atom. The third kappa shape index (κ3) is 2.40. The van der Waals surface area contributed by atoms with Gasteiger partial charge in [0.15, 0.2) is 0 Å². The molecule has 1 aromatic rings. The number of nitrogens with zero attached hydrogens (tertiary/aromatic N) is 3. The first-order chi connectivity index (χ1) is 8.67. The van der Waals surface area contributed by atoms with Crippen molar-refractivity contribution in [3.8, 4) is 5.88 Å². The number of hydrogen-bond acceptors (Lipinski definition) is 5. The van der Waals surface area contributed by atoms with Gasteiger partial charge < -0.3 is 15.0 Å². The molecule has 1 fully saturated rings. The molecule has 0 aliphatic carbocycles. The second-order valence-corrected chi connectivity index (χ2v) is 4.79. The molecule has 1 atom stereocenters. The monoisotopic (exact) mass is 314 g/mol. The van der Waals surface area contributed by atoms with Crippen LogP contribution in [0.15, 0.2) is 10.7 Å². The van der Waals surface area contributed by atoms with Crippen LogP contribution in [-0.2, 0) is 4.79 Å². The molecule has 18 heavy (non-hydrogen) atoms. The van der Waals surface area contributed by atoms with Crippen LogP contribution >= 0.6 is 15.9 Å². The van der Waals surface area contributed by atoms with E-state index < -0.39 is 0 Å². The smallest absolute Gasteiger partial charge is 0.242 e. The Morgan fingerprint density at radius 3 is 3.11 bits per heavy atom. The zero-order chi connectivity index (χ0) is 13.1. The van der Waals surface area contributed by atoms with Crippen molar-refractivity contribution in [2.75, 3.05) is 25.1 Å². The molecule has 1 unspecified atom stereocenters. The summed E-state index contributed by atoms with van der Waals surface area (Å²) in [5, 5.41) is 2.85. The number of rotatable bonds is 3. The normalized spacial score (nSPS) is 19.6. The predicted octanol–water partition coefficient (Wildman–Crippen LogP) is 0.962. The Morgan fingerprint density at radius 2 is 2.44 bits per heavy atom. The van der Waals surface area contributed by atoms with Crippen molar-refractivity contribution in [2.45, 2.75) is 19.4 Å². The number of amides is 1. The fourth-order valence-corrected chi connectivity index (χ4v) is 2.34. The second kappa shape index (κ2) is 5.51. The molecule has 0 aromatic carbocycles. The van der Waals surface area contributed by atoms with Crippen molar-refractivity contribution < 1.29 is 9.53 Å². The number of hydrogen-bond donors (Lipinski definition) is 1. The van der Waals surface area contributed by atoms with Gasteiger partial charge in [0.2, 0.25) is 17.7 Å². The largest absolute Gasteiger partial charge is 0.480 e.